The average Bonchev–Trinajstić information content (AvgIpc) is 1.58. The molecule has 0 aromatic carbocycles. The van der Waals surface area contributed by atoms with Gasteiger partial charge in [0, 0.05) is 5.92 Å². The van der Waals surface area contributed by atoms with Gasteiger partial charge in [0.2, 0.25) is 0 Å². The summed E-state index contributed by atoms with van der Waals surface area (Å²) >= 11 is 0. The third-order valence-electron chi connectivity index (χ3n) is 1.25. The summed E-state index contributed by atoms with van der Waals surface area (Å²) < 4.78 is 11.6. The molecule has 1 aliphatic rings. The van der Waals surface area contributed by atoms with Gasteiger partial charge in [0.1, 0.15) is 0 Å². The van der Waals surface area contributed by atoms with E-state index in [1.165, 1.54) is 0 Å². The highest BCUT2D eigenvalue weighted by molar-refractivity contribution is 4.77. The van der Waals surface area contributed by atoms with Crippen molar-refractivity contribution in [1.29, 1.82) is 0 Å². The van der Waals surface area contributed by atoms with E-state index < -0.39 is 0 Å². The second-order valence-corrected chi connectivity index (χ2v) is 2.06. The minimum atomic E-state index is -0.175. The van der Waals surface area contributed by atoms with Gasteiger partial charge in [0.25, 0.3) is 0 Å². The Bertz CT molecular complexity index is 59.1. The molecule has 42 valence electrons. The molecule has 1 heterocycles. The van der Waals surface area contributed by atoms with Gasteiger partial charge in [-0.15, -0.1) is 0 Å². The van der Waals surface area contributed by atoms with Crippen LogP contribution in [0.25, 0.3) is 0 Å². The standard InChI is InChI=1S/C5H9FN/c1-7-3-5(2-6)4-7/h5H,1-4H2/q-1. The maximum Gasteiger partial charge on any atom is 0.0945 e. The molecule has 0 saturated carbocycles. The molecule has 2 heteroatoms. The number of hydrogen-bond donors (Lipinski definition) is 0. The maximum atomic E-state index is 11.6. The van der Waals surface area contributed by atoms with Gasteiger partial charge in [-0.05, 0) is 13.1 Å². The first-order chi connectivity index (χ1) is 3.33. The summed E-state index contributed by atoms with van der Waals surface area (Å²) in [7, 11) is 3.61. The van der Waals surface area contributed by atoms with E-state index in [2.05, 4.69) is 7.05 Å². The zero-order chi connectivity index (χ0) is 5.28. The summed E-state index contributed by atoms with van der Waals surface area (Å²) in [6.07, 6.45) is 0. The van der Waals surface area contributed by atoms with Crippen LogP contribution in [0.3, 0.4) is 0 Å². The molecule has 0 unspecified atom stereocenters. The number of halogens is 1. The van der Waals surface area contributed by atoms with Crippen LogP contribution >= 0.6 is 0 Å². The van der Waals surface area contributed by atoms with Crippen LogP contribution < -0.4 is 0 Å². The molecule has 1 saturated heterocycles. The fourth-order valence-corrected chi connectivity index (χ4v) is 0.774. The van der Waals surface area contributed by atoms with Crippen LogP contribution in [0.4, 0.5) is 4.39 Å². The highest BCUT2D eigenvalue weighted by Crippen LogP contribution is 2.12. The Hall–Kier alpha value is -0.110. The maximum absolute atomic E-state index is 11.6. The van der Waals surface area contributed by atoms with Gasteiger partial charge >= 0.3 is 0 Å². The second kappa shape index (κ2) is 1.78. The van der Waals surface area contributed by atoms with E-state index in [1.54, 1.807) is 0 Å². The van der Waals surface area contributed by atoms with Gasteiger partial charge in [-0.1, -0.05) is 0 Å². The van der Waals surface area contributed by atoms with Crippen molar-refractivity contribution in [2.24, 2.45) is 5.92 Å². The smallest absolute Gasteiger partial charge is 0.0945 e. The Morgan fingerprint density at radius 2 is 2.29 bits per heavy atom. The lowest BCUT2D eigenvalue weighted by molar-refractivity contribution is 0.128. The molecule has 0 radical (unpaired) electrons. The molecule has 0 aromatic heterocycles. The molecule has 1 aliphatic heterocycles. The van der Waals surface area contributed by atoms with Gasteiger partial charge in [0.15, 0.2) is 0 Å². The van der Waals surface area contributed by atoms with E-state index in [0.29, 0.717) is 0 Å². The molecule has 0 aromatic rings. The fourth-order valence-electron chi connectivity index (χ4n) is 0.774. The molecule has 1 rings (SSSR count). The van der Waals surface area contributed by atoms with E-state index in [-0.39, 0.29) is 12.6 Å². The molecule has 0 bridgehead atoms. The van der Waals surface area contributed by atoms with Gasteiger partial charge in [-0.3, -0.25) is 11.4 Å². The predicted molar refractivity (Wildman–Crippen MR) is 26.4 cm³/mol. The number of hydrogen-bond acceptors (Lipinski definition) is 1. The van der Waals surface area contributed by atoms with E-state index >= 15 is 0 Å². The van der Waals surface area contributed by atoms with E-state index in [9.17, 15) is 4.39 Å². The van der Waals surface area contributed by atoms with E-state index in [0.717, 1.165) is 13.1 Å². The SMILES string of the molecule is [CH2-]N1CC(CF)C1. The molecular formula is C5H9FN-. The number of rotatable bonds is 1. The Morgan fingerprint density at radius 1 is 1.71 bits per heavy atom. The van der Waals surface area contributed by atoms with Crippen molar-refractivity contribution < 1.29 is 4.39 Å². The van der Waals surface area contributed by atoms with Crippen molar-refractivity contribution in [1.82, 2.24) is 4.90 Å². The van der Waals surface area contributed by atoms with Gasteiger partial charge < -0.3 is 4.90 Å². The molecule has 1 nitrogen and oxygen atoms in total. The summed E-state index contributed by atoms with van der Waals surface area (Å²) in [5.41, 5.74) is 0. The topological polar surface area (TPSA) is 3.24 Å². The first-order valence-corrected chi connectivity index (χ1v) is 2.44. The lowest BCUT2D eigenvalue weighted by Gasteiger charge is -2.41. The van der Waals surface area contributed by atoms with Gasteiger partial charge in [0.05, 0.1) is 6.67 Å². The van der Waals surface area contributed by atoms with Crippen molar-refractivity contribution in [2.75, 3.05) is 19.8 Å². The Labute approximate surface area is 43.1 Å². The van der Waals surface area contributed by atoms with Crippen molar-refractivity contribution in [3.63, 3.8) is 0 Å². The van der Waals surface area contributed by atoms with Crippen LogP contribution in [0.1, 0.15) is 0 Å². The first kappa shape index (κ1) is 5.04. The second-order valence-electron chi connectivity index (χ2n) is 2.06. The summed E-state index contributed by atoms with van der Waals surface area (Å²) in [6.45, 7) is 1.51. The van der Waals surface area contributed by atoms with Gasteiger partial charge in [-0.2, -0.15) is 0 Å². The number of likely N-dealkylation sites (tertiary alicyclic amines) is 1. The van der Waals surface area contributed by atoms with Crippen molar-refractivity contribution in [2.45, 2.75) is 0 Å². The molecule has 0 amide bonds. The van der Waals surface area contributed by atoms with Crippen molar-refractivity contribution in [3.05, 3.63) is 7.05 Å². The monoisotopic (exact) mass is 102 g/mol. The van der Waals surface area contributed by atoms with Crippen LogP contribution in [0.15, 0.2) is 0 Å². The van der Waals surface area contributed by atoms with E-state index in [1.807, 2.05) is 4.90 Å². The highest BCUT2D eigenvalue weighted by Gasteiger charge is 2.17. The van der Waals surface area contributed by atoms with E-state index in [4.69, 9.17) is 0 Å². The van der Waals surface area contributed by atoms with Crippen molar-refractivity contribution in [3.8, 4) is 0 Å². The summed E-state index contributed by atoms with van der Waals surface area (Å²) in [5, 5.41) is 0. The van der Waals surface area contributed by atoms with Crippen LogP contribution in [0.5, 0.6) is 0 Å². The lowest BCUT2D eigenvalue weighted by atomic mass is 10.0. The largest absolute Gasteiger partial charge is 0.459 e. The normalized spacial score (nSPS) is 24.9. The third-order valence-corrected chi connectivity index (χ3v) is 1.25. The first-order valence-electron chi connectivity index (χ1n) is 2.44. The van der Waals surface area contributed by atoms with Crippen LogP contribution in [0.2, 0.25) is 0 Å². The summed E-state index contributed by atoms with van der Waals surface area (Å²) in [6, 6.07) is 0. The Kier molecular flexibility index (Phi) is 1.28. The summed E-state index contributed by atoms with van der Waals surface area (Å²) in [5.74, 6) is 0.289. The fraction of sp³-hybridized carbons (Fsp3) is 0.800. The molecule has 0 spiro atoms. The minimum absolute atomic E-state index is 0.175. The third kappa shape index (κ3) is 0.911. The number of alkyl halides is 1. The Morgan fingerprint density at radius 3 is 2.43 bits per heavy atom. The quantitative estimate of drug-likeness (QED) is 0.440. The molecule has 0 atom stereocenters. The number of nitrogens with zero attached hydrogens (tertiary/aromatic N) is 1. The lowest BCUT2D eigenvalue weighted by Crippen LogP contribution is -2.43. The van der Waals surface area contributed by atoms with Crippen LogP contribution in [0, 0.1) is 13.0 Å². The predicted octanol–water partition coefficient (Wildman–Crippen LogP) is 0.679. The summed E-state index contributed by atoms with van der Waals surface area (Å²) in [4.78, 5) is 1.87. The van der Waals surface area contributed by atoms with Crippen molar-refractivity contribution >= 4 is 0 Å². The molecule has 0 N–H and O–H groups in total. The molecule has 7 heavy (non-hydrogen) atoms. The Balaban J connectivity index is 2.06. The zero-order valence-electron chi connectivity index (χ0n) is 4.23. The van der Waals surface area contributed by atoms with Crippen LogP contribution in [-0.4, -0.2) is 24.7 Å². The average molecular weight is 102 g/mol. The zero-order valence-corrected chi connectivity index (χ0v) is 4.23. The molecule has 1 fully saturated rings. The minimum Gasteiger partial charge on any atom is -0.459 e. The van der Waals surface area contributed by atoms with Crippen LogP contribution in [-0.2, 0) is 0 Å². The molecular weight excluding hydrogens is 93.1 g/mol. The van der Waals surface area contributed by atoms with Gasteiger partial charge in [-0.25, -0.2) is 0 Å². The molecule has 0 aliphatic carbocycles. The highest BCUT2D eigenvalue weighted by atomic mass is 19.1.